The lowest BCUT2D eigenvalue weighted by molar-refractivity contribution is -0.132. The number of aliphatic carboxylic acids is 1. The Morgan fingerprint density at radius 2 is 2.29 bits per heavy atom. The molecule has 0 atom stereocenters. The van der Waals surface area contributed by atoms with Crippen molar-refractivity contribution in [3.05, 3.63) is 46.5 Å². The molecule has 2 nitrogen and oxygen atoms in total. The summed E-state index contributed by atoms with van der Waals surface area (Å²) in [4.78, 5) is 10.7. The number of halogens is 1. The summed E-state index contributed by atoms with van der Waals surface area (Å²) in [6.07, 6.45) is 2.01. The number of carbonyl (C=O) groups is 1. The zero-order valence-electron chi connectivity index (χ0n) is 7.83. The minimum Gasteiger partial charge on any atom is -0.478 e. The number of hydrogen-bond donors (Lipinski definition) is 1. The van der Waals surface area contributed by atoms with E-state index in [0.717, 1.165) is 5.56 Å². The summed E-state index contributed by atoms with van der Waals surface area (Å²) in [5.74, 6) is -0.882. The Kier molecular flexibility index (Phi) is 3.72. The highest BCUT2D eigenvalue weighted by Crippen LogP contribution is 2.14. The molecule has 14 heavy (non-hydrogen) atoms. The molecule has 0 saturated carbocycles. The van der Waals surface area contributed by atoms with Crippen LogP contribution in [-0.4, -0.2) is 11.1 Å². The summed E-state index contributed by atoms with van der Waals surface area (Å²) in [5, 5.41) is 9.43. The molecule has 0 radical (unpaired) electrons. The average molecular weight is 211 g/mol. The second-order valence-electron chi connectivity index (χ2n) is 2.93. The van der Waals surface area contributed by atoms with Gasteiger partial charge in [-0.2, -0.15) is 0 Å². The van der Waals surface area contributed by atoms with Crippen LogP contribution >= 0.6 is 11.6 Å². The van der Waals surface area contributed by atoms with E-state index in [2.05, 4.69) is 0 Å². The van der Waals surface area contributed by atoms with Gasteiger partial charge in [-0.05, 0) is 24.6 Å². The standard InChI is InChI=1S/C11H11ClO2/c1-2-9(11(13)14)6-8-4-3-5-10(12)7-8/h2-5,7H,6H2,1H3,(H,13,14). The van der Waals surface area contributed by atoms with Gasteiger partial charge in [-0.1, -0.05) is 29.8 Å². The maximum Gasteiger partial charge on any atom is 0.331 e. The third-order valence-electron chi connectivity index (χ3n) is 1.91. The Labute approximate surface area is 87.8 Å². The van der Waals surface area contributed by atoms with Crippen molar-refractivity contribution in [2.45, 2.75) is 13.3 Å². The van der Waals surface area contributed by atoms with E-state index in [0.29, 0.717) is 17.0 Å². The number of carboxylic acids is 1. The van der Waals surface area contributed by atoms with Gasteiger partial charge in [0.15, 0.2) is 0 Å². The molecular weight excluding hydrogens is 200 g/mol. The second-order valence-corrected chi connectivity index (χ2v) is 3.36. The molecule has 0 saturated heterocycles. The molecule has 0 bridgehead atoms. The highest BCUT2D eigenvalue weighted by Gasteiger charge is 2.06. The smallest absolute Gasteiger partial charge is 0.331 e. The fourth-order valence-corrected chi connectivity index (χ4v) is 1.38. The molecule has 0 fully saturated rings. The predicted molar refractivity (Wildman–Crippen MR) is 56.5 cm³/mol. The first kappa shape index (κ1) is 10.8. The molecule has 0 aliphatic carbocycles. The van der Waals surface area contributed by atoms with Crippen LogP contribution in [0.3, 0.4) is 0 Å². The van der Waals surface area contributed by atoms with E-state index >= 15 is 0 Å². The first-order valence-corrected chi connectivity index (χ1v) is 4.64. The van der Waals surface area contributed by atoms with Crippen LogP contribution < -0.4 is 0 Å². The van der Waals surface area contributed by atoms with Crippen LogP contribution in [-0.2, 0) is 11.2 Å². The van der Waals surface area contributed by atoms with Crippen LogP contribution in [0.25, 0.3) is 0 Å². The van der Waals surface area contributed by atoms with Crippen LogP contribution in [0.2, 0.25) is 5.02 Å². The lowest BCUT2D eigenvalue weighted by atomic mass is 10.1. The van der Waals surface area contributed by atoms with Gasteiger partial charge < -0.3 is 5.11 Å². The first-order chi connectivity index (χ1) is 6.63. The van der Waals surface area contributed by atoms with Crippen molar-refractivity contribution in [3.63, 3.8) is 0 Å². The van der Waals surface area contributed by atoms with Gasteiger partial charge in [-0.15, -0.1) is 0 Å². The predicted octanol–water partition coefficient (Wildman–Crippen LogP) is 2.91. The number of allylic oxidation sites excluding steroid dienone is 1. The van der Waals surface area contributed by atoms with E-state index < -0.39 is 5.97 Å². The molecule has 0 aliphatic heterocycles. The molecule has 0 amide bonds. The van der Waals surface area contributed by atoms with Gasteiger partial charge in [0.25, 0.3) is 0 Å². The first-order valence-electron chi connectivity index (χ1n) is 4.26. The third-order valence-corrected chi connectivity index (χ3v) is 2.14. The van der Waals surface area contributed by atoms with Crippen LogP contribution in [0, 0.1) is 0 Å². The molecule has 0 heterocycles. The molecule has 1 aromatic carbocycles. The maximum absolute atomic E-state index is 10.7. The molecule has 74 valence electrons. The zero-order valence-corrected chi connectivity index (χ0v) is 8.58. The largest absolute Gasteiger partial charge is 0.478 e. The van der Waals surface area contributed by atoms with E-state index in [1.807, 2.05) is 12.1 Å². The normalized spacial score (nSPS) is 11.4. The molecule has 1 aromatic rings. The van der Waals surface area contributed by atoms with Crippen molar-refractivity contribution in [1.82, 2.24) is 0 Å². The van der Waals surface area contributed by atoms with Gasteiger partial charge in [-0.3, -0.25) is 0 Å². The molecule has 3 heteroatoms. The highest BCUT2D eigenvalue weighted by atomic mass is 35.5. The maximum atomic E-state index is 10.7. The van der Waals surface area contributed by atoms with E-state index in [4.69, 9.17) is 16.7 Å². The lowest BCUT2D eigenvalue weighted by Crippen LogP contribution is -2.03. The van der Waals surface area contributed by atoms with E-state index in [9.17, 15) is 4.79 Å². The van der Waals surface area contributed by atoms with E-state index in [1.54, 1.807) is 25.1 Å². The quantitative estimate of drug-likeness (QED) is 0.779. The van der Waals surface area contributed by atoms with Crippen LogP contribution in [0.1, 0.15) is 12.5 Å². The summed E-state index contributed by atoms with van der Waals surface area (Å²) in [6, 6.07) is 7.21. The number of benzene rings is 1. The van der Waals surface area contributed by atoms with Crippen molar-refractivity contribution in [3.8, 4) is 0 Å². The lowest BCUT2D eigenvalue weighted by Gasteiger charge is -2.02. The van der Waals surface area contributed by atoms with Crippen LogP contribution in [0.4, 0.5) is 0 Å². The number of hydrogen-bond acceptors (Lipinski definition) is 1. The molecule has 0 unspecified atom stereocenters. The molecule has 0 aromatic heterocycles. The monoisotopic (exact) mass is 210 g/mol. The van der Waals surface area contributed by atoms with Crippen molar-refractivity contribution in [1.29, 1.82) is 0 Å². The van der Waals surface area contributed by atoms with Crippen molar-refractivity contribution < 1.29 is 9.90 Å². The van der Waals surface area contributed by atoms with Gasteiger partial charge in [0.1, 0.15) is 0 Å². The van der Waals surface area contributed by atoms with Crippen molar-refractivity contribution in [2.24, 2.45) is 0 Å². The topological polar surface area (TPSA) is 37.3 Å². The van der Waals surface area contributed by atoms with Crippen LogP contribution in [0.15, 0.2) is 35.9 Å². The highest BCUT2D eigenvalue weighted by molar-refractivity contribution is 6.30. The van der Waals surface area contributed by atoms with Crippen molar-refractivity contribution >= 4 is 17.6 Å². The summed E-state index contributed by atoms with van der Waals surface area (Å²) in [7, 11) is 0. The van der Waals surface area contributed by atoms with E-state index in [1.165, 1.54) is 0 Å². The fourth-order valence-electron chi connectivity index (χ4n) is 1.17. The Morgan fingerprint density at radius 3 is 2.79 bits per heavy atom. The van der Waals surface area contributed by atoms with Gasteiger partial charge in [0, 0.05) is 17.0 Å². The second kappa shape index (κ2) is 4.82. The summed E-state index contributed by atoms with van der Waals surface area (Å²) >= 11 is 5.78. The van der Waals surface area contributed by atoms with Gasteiger partial charge in [0.2, 0.25) is 0 Å². The van der Waals surface area contributed by atoms with E-state index in [-0.39, 0.29) is 0 Å². The minimum absolute atomic E-state index is 0.382. The summed E-state index contributed by atoms with van der Waals surface area (Å²) in [6.45, 7) is 1.72. The SMILES string of the molecule is CC=C(Cc1cccc(Cl)c1)C(=O)O. The zero-order chi connectivity index (χ0) is 10.6. The minimum atomic E-state index is -0.882. The van der Waals surface area contributed by atoms with Crippen LogP contribution in [0.5, 0.6) is 0 Å². The third kappa shape index (κ3) is 2.89. The van der Waals surface area contributed by atoms with Gasteiger partial charge in [-0.25, -0.2) is 4.79 Å². The van der Waals surface area contributed by atoms with Crippen molar-refractivity contribution in [2.75, 3.05) is 0 Å². The number of carboxylic acid groups (broad SMARTS) is 1. The fraction of sp³-hybridized carbons (Fsp3) is 0.182. The molecule has 0 aliphatic rings. The summed E-state index contributed by atoms with van der Waals surface area (Å²) < 4.78 is 0. The Bertz CT molecular complexity index is 369. The molecule has 1 N–H and O–H groups in total. The van der Waals surface area contributed by atoms with Gasteiger partial charge >= 0.3 is 5.97 Å². The average Bonchev–Trinajstić information content (AvgIpc) is 2.14. The Balaban J connectivity index is 2.83. The summed E-state index contributed by atoms with van der Waals surface area (Å²) in [5.41, 5.74) is 1.29. The number of rotatable bonds is 3. The Hall–Kier alpha value is -1.28. The van der Waals surface area contributed by atoms with Gasteiger partial charge in [0.05, 0.1) is 0 Å². The molecule has 0 spiro atoms. The molecular formula is C11H11ClO2. The molecule has 1 rings (SSSR count). The Morgan fingerprint density at radius 1 is 1.57 bits per heavy atom.